The lowest BCUT2D eigenvalue weighted by atomic mass is 9.65. The average molecular weight is 507 g/mol. The standard InChI is InChI=1S/C27H30F4N2O3/c1-25(36,27(29,30)31)18-8-6-17(7-9-18)24(35)33(19-10-11-19)20-12-14-26(15-13-20,16-23(32)34)21-4-2-3-5-22(21)28/h2-9,19-20,36H,10-16H2,1H3,(H2,32,34)/t20-,25-,26-/m0/s1. The Hall–Kier alpha value is -2.94. The fraction of sp³-hybridized carbons (Fsp3) is 0.481. The van der Waals surface area contributed by atoms with Crippen LogP contribution in [0.3, 0.4) is 0 Å². The second kappa shape index (κ2) is 9.50. The van der Waals surface area contributed by atoms with Crippen molar-refractivity contribution < 1.29 is 32.3 Å². The van der Waals surface area contributed by atoms with E-state index in [0.29, 0.717) is 38.2 Å². The molecule has 2 aliphatic carbocycles. The van der Waals surface area contributed by atoms with E-state index in [1.165, 1.54) is 18.2 Å². The molecule has 2 saturated carbocycles. The zero-order valence-electron chi connectivity index (χ0n) is 20.0. The van der Waals surface area contributed by atoms with Crippen LogP contribution in [0.25, 0.3) is 0 Å². The molecule has 0 bridgehead atoms. The molecule has 2 aromatic carbocycles. The Labute approximate surface area is 207 Å². The lowest BCUT2D eigenvalue weighted by Gasteiger charge is -2.44. The number of halogens is 4. The van der Waals surface area contributed by atoms with Crippen molar-refractivity contribution in [1.29, 1.82) is 0 Å². The van der Waals surface area contributed by atoms with Gasteiger partial charge < -0.3 is 15.7 Å². The van der Waals surface area contributed by atoms with Crippen molar-refractivity contribution in [2.45, 2.75) is 81.1 Å². The molecule has 4 rings (SSSR count). The summed E-state index contributed by atoms with van der Waals surface area (Å²) in [5, 5.41) is 9.91. The van der Waals surface area contributed by atoms with E-state index in [9.17, 15) is 32.3 Å². The van der Waals surface area contributed by atoms with Gasteiger partial charge in [-0.05, 0) is 74.8 Å². The number of hydrogen-bond acceptors (Lipinski definition) is 3. The molecular weight excluding hydrogens is 476 g/mol. The maximum Gasteiger partial charge on any atom is 0.421 e. The first kappa shape index (κ1) is 26.1. The Balaban J connectivity index is 1.54. The molecule has 0 spiro atoms. The normalized spacial score (nSPS) is 24.1. The summed E-state index contributed by atoms with van der Waals surface area (Å²) in [7, 11) is 0. The first-order valence-corrected chi connectivity index (χ1v) is 12.1. The van der Waals surface area contributed by atoms with Crippen LogP contribution in [-0.4, -0.2) is 40.1 Å². The summed E-state index contributed by atoms with van der Waals surface area (Å²) in [6.07, 6.45) is -1.12. The number of carbonyl (C=O) groups excluding carboxylic acids is 2. The van der Waals surface area contributed by atoms with Gasteiger partial charge in [0.05, 0.1) is 0 Å². The van der Waals surface area contributed by atoms with E-state index in [1.54, 1.807) is 23.1 Å². The highest BCUT2D eigenvalue weighted by molar-refractivity contribution is 5.95. The van der Waals surface area contributed by atoms with Gasteiger partial charge in [-0.15, -0.1) is 0 Å². The van der Waals surface area contributed by atoms with Gasteiger partial charge in [0.1, 0.15) is 5.82 Å². The lowest BCUT2D eigenvalue weighted by Crippen LogP contribution is -2.47. The van der Waals surface area contributed by atoms with E-state index >= 15 is 0 Å². The Morgan fingerprint density at radius 3 is 2.06 bits per heavy atom. The van der Waals surface area contributed by atoms with Crippen molar-refractivity contribution in [1.82, 2.24) is 4.90 Å². The third kappa shape index (κ3) is 4.98. The molecule has 2 aliphatic rings. The van der Waals surface area contributed by atoms with Gasteiger partial charge in [-0.1, -0.05) is 30.3 Å². The van der Waals surface area contributed by atoms with Crippen molar-refractivity contribution in [2.75, 3.05) is 0 Å². The van der Waals surface area contributed by atoms with Crippen LogP contribution in [0.1, 0.15) is 73.4 Å². The number of nitrogens with zero attached hydrogens (tertiary/aromatic N) is 1. The predicted octanol–water partition coefficient (Wildman–Crippen LogP) is 4.96. The van der Waals surface area contributed by atoms with Crippen molar-refractivity contribution >= 4 is 11.8 Å². The van der Waals surface area contributed by atoms with Gasteiger partial charge in [0.15, 0.2) is 5.60 Å². The van der Waals surface area contributed by atoms with Crippen LogP contribution in [0.5, 0.6) is 0 Å². The molecule has 2 amide bonds. The van der Waals surface area contributed by atoms with Crippen LogP contribution in [0, 0.1) is 5.82 Å². The highest BCUT2D eigenvalue weighted by Gasteiger charge is 2.51. The minimum Gasteiger partial charge on any atom is -0.376 e. The van der Waals surface area contributed by atoms with Gasteiger partial charge in [0.25, 0.3) is 5.91 Å². The Morgan fingerprint density at radius 1 is 1.00 bits per heavy atom. The number of alkyl halides is 3. The molecule has 0 saturated heterocycles. The predicted molar refractivity (Wildman–Crippen MR) is 125 cm³/mol. The summed E-state index contributed by atoms with van der Waals surface area (Å²) >= 11 is 0. The summed E-state index contributed by atoms with van der Waals surface area (Å²) < 4.78 is 54.2. The number of rotatable bonds is 7. The number of aliphatic hydroxyl groups is 1. The monoisotopic (exact) mass is 506 g/mol. The second-order valence-electron chi connectivity index (χ2n) is 10.2. The highest BCUT2D eigenvalue weighted by Crippen LogP contribution is 2.46. The van der Waals surface area contributed by atoms with Gasteiger partial charge in [-0.25, -0.2) is 4.39 Å². The molecule has 3 N–H and O–H groups in total. The third-order valence-corrected chi connectivity index (χ3v) is 7.68. The molecule has 0 aliphatic heterocycles. The minimum atomic E-state index is -4.85. The van der Waals surface area contributed by atoms with Crippen LogP contribution in [0.4, 0.5) is 17.6 Å². The van der Waals surface area contributed by atoms with E-state index in [4.69, 9.17) is 5.73 Å². The van der Waals surface area contributed by atoms with E-state index < -0.39 is 23.1 Å². The fourth-order valence-corrected chi connectivity index (χ4v) is 5.43. The molecule has 2 aromatic rings. The summed E-state index contributed by atoms with van der Waals surface area (Å²) in [4.78, 5) is 27.1. The second-order valence-corrected chi connectivity index (χ2v) is 10.2. The van der Waals surface area contributed by atoms with Crippen LogP contribution in [0.15, 0.2) is 48.5 Å². The molecule has 9 heteroatoms. The third-order valence-electron chi connectivity index (χ3n) is 7.68. The van der Waals surface area contributed by atoms with Crippen molar-refractivity contribution in [3.8, 4) is 0 Å². The molecule has 5 nitrogen and oxygen atoms in total. The Morgan fingerprint density at radius 2 is 1.56 bits per heavy atom. The molecule has 0 heterocycles. The molecule has 0 aromatic heterocycles. The molecule has 36 heavy (non-hydrogen) atoms. The Bertz CT molecular complexity index is 1120. The molecule has 194 valence electrons. The zero-order valence-corrected chi connectivity index (χ0v) is 20.0. The molecule has 1 atom stereocenters. The lowest BCUT2D eigenvalue weighted by molar-refractivity contribution is -0.258. The van der Waals surface area contributed by atoms with Gasteiger partial charge in [-0.2, -0.15) is 13.2 Å². The largest absolute Gasteiger partial charge is 0.421 e. The fourth-order valence-electron chi connectivity index (χ4n) is 5.43. The summed E-state index contributed by atoms with van der Waals surface area (Å²) in [6, 6.07) is 11.1. The van der Waals surface area contributed by atoms with Crippen molar-refractivity contribution in [2.24, 2.45) is 5.73 Å². The van der Waals surface area contributed by atoms with Crippen molar-refractivity contribution in [3.05, 3.63) is 71.0 Å². The van der Waals surface area contributed by atoms with Gasteiger partial charge in [-0.3, -0.25) is 9.59 Å². The number of primary amides is 1. The maximum atomic E-state index is 14.7. The van der Waals surface area contributed by atoms with Crippen LogP contribution >= 0.6 is 0 Å². The highest BCUT2D eigenvalue weighted by atomic mass is 19.4. The number of nitrogens with two attached hydrogens (primary N) is 1. The first-order valence-electron chi connectivity index (χ1n) is 12.1. The van der Waals surface area contributed by atoms with Gasteiger partial charge in [0, 0.05) is 29.5 Å². The van der Waals surface area contributed by atoms with Crippen LogP contribution in [-0.2, 0) is 15.8 Å². The zero-order chi connectivity index (χ0) is 26.3. The number of amides is 2. The Kier molecular flexibility index (Phi) is 6.90. The smallest absolute Gasteiger partial charge is 0.376 e. The molecule has 0 radical (unpaired) electrons. The quantitative estimate of drug-likeness (QED) is 0.521. The molecular formula is C27H30F4N2O3. The van der Waals surface area contributed by atoms with Crippen molar-refractivity contribution in [3.63, 3.8) is 0 Å². The number of benzene rings is 2. The summed E-state index contributed by atoms with van der Waals surface area (Å²) in [5.41, 5.74) is 2.12. The van der Waals surface area contributed by atoms with Crippen LogP contribution < -0.4 is 5.73 Å². The number of hydrogen-bond donors (Lipinski definition) is 2. The van der Waals surface area contributed by atoms with E-state index in [2.05, 4.69) is 0 Å². The minimum absolute atomic E-state index is 0.0125. The number of carbonyl (C=O) groups is 2. The van der Waals surface area contributed by atoms with E-state index in [0.717, 1.165) is 25.0 Å². The first-order chi connectivity index (χ1) is 16.9. The average Bonchev–Trinajstić information content (AvgIpc) is 3.65. The molecule has 0 unspecified atom stereocenters. The SMILES string of the molecule is C[C@](O)(c1ccc(C(=O)N(C2CC2)[C@H]2CC[C@](CC(N)=O)(c3ccccc3F)CC2)cc1)C(F)(F)F. The van der Waals surface area contributed by atoms with Gasteiger partial charge >= 0.3 is 6.18 Å². The van der Waals surface area contributed by atoms with Crippen LogP contribution in [0.2, 0.25) is 0 Å². The van der Waals surface area contributed by atoms with E-state index in [1.807, 2.05) is 0 Å². The van der Waals surface area contributed by atoms with Gasteiger partial charge in [0.2, 0.25) is 5.91 Å². The summed E-state index contributed by atoms with van der Waals surface area (Å²) in [5.74, 6) is -1.18. The van der Waals surface area contributed by atoms with E-state index in [-0.39, 0.29) is 41.4 Å². The topological polar surface area (TPSA) is 83.6 Å². The summed E-state index contributed by atoms with van der Waals surface area (Å²) in [6.45, 7) is 0.677. The maximum absolute atomic E-state index is 14.7. The molecule has 2 fully saturated rings.